The molecular formula is C15H17F2NO2. The molecule has 1 amide bonds. The third-order valence-corrected chi connectivity index (χ3v) is 4.56. The SMILES string of the molecule is C[C@@]12CN(C(=O)OCc3ccccc3)CC[C@H]1C2(F)F. The van der Waals surface area contributed by atoms with E-state index in [2.05, 4.69) is 0 Å². The molecule has 2 atom stereocenters. The van der Waals surface area contributed by atoms with Crippen LogP contribution < -0.4 is 0 Å². The van der Waals surface area contributed by atoms with Gasteiger partial charge in [-0.25, -0.2) is 13.6 Å². The number of hydrogen-bond donors (Lipinski definition) is 0. The van der Waals surface area contributed by atoms with E-state index in [-0.39, 0.29) is 13.2 Å². The van der Waals surface area contributed by atoms with Crippen LogP contribution in [0.3, 0.4) is 0 Å². The van der Waals surface area contributed by atoms with Crippen LogP contribution in [0.4, 0.5) is 13.6 Å². The molecule has 2 fully saturated rings. The number of fused-ring (bicyclic) bond motifs is 1. The van der Waals surface area contributed by atoms with Crippen molar-refractivity contribution in [2.75, 3.05) is 13.1 Å². The van der Waals surface area contributed by atoms with Crippen molar-refractivity contribution >= 4 is 6.09 Å². The third kappa shape index (κ3) is 1.96. The number of carbonyl (C=O) groups excluding carboxylic acids is 1. The van der Waals surface area contributed by atoms with Gasteiger partial charge in [-0.3, -0.25) is 0 Å². The lowest BCUT2D eigenvalue weighted by Gasteiger charge is -2.28. The van der Waals surface area contributed by atoms with Crippen LogP contribution in [0.5, 0.6) is 0 Å². The average Bonchev–Trinajstić information content (AvgIpc) is 2.90. The monoisotopic (exact) mass is 281 g/mol. The average molecular weight is 281 g/mol. The number of hydrogen-bond acceptors (Lipinski definition) is 2. The molecule has 1 saturated carbocycles. The van der Waals surface area contributed by atoms with Gasteiger partial charge in [0.15, 0.2) is 0 Å². The zero-order valence-corrected chi connectivity index (χ0v) is 11.3. The van der Waals surface area contributed by atoms with Gasteiger partial charge in [-0.2, -0.15) is 0 Å². The van der Waals surface area contributed by atoms with Gasteiger partial charge in [0.05, 0.1) is 5.41 Å². The van der Waals surface area contributed by atoms with Crippen LogP contribution in [0.15, 0.2) is 30.3 Å². The van der Waals surface area contributed by atoms with Crippen molar-refractivity contribution in [2.24, 2.45) is 11.3 Å². The molecule has 1 aromatic rings. The molecule has 1 aliphatic heterocycles. The molecule has 0 radical (unpaired) electrons. The van der Waals surface area contributed by atoms with Crippen molar-refractivity contribution in [2.45, 2.75) is 25.9 Å². The van der Waals surface area contributed by atoms with E-state index >= 15 is 0 Å². The Hall–Kier alpha value is -1.65. The molecule has 0 spiro atoms. The number of benzene rings is 1. The van der Waals surface area contributed by atoms with Crippen molar-refractivity contribution < 1.29 is 18.3 Å². The Bertz CT molecular complexity index is 520. The Morgan fingerprint density at radius 3 is 2.75 bits per heavy atom. The van der Waals surface area contributed by atoms with E-state index in [1.54, 1.807) is 6.92 Å². The second kappa shape index (κ2) is 4.43. The minimum atomic E-state index is -2.64. The Labute approximate surface area is 116 Å². The fourth-order valence-corrected chi connectivity index (χ4v) is 3.12. The Balaban J connectivity index is 1.57. The highest BCUT2D eigenvalue weighted by Crippen LogP contribution is 2.68. The van der Waals surface area contributed by atoms with Crippen LogP contribution in [0.25, 0.3) is 0 Å². The lowest BCUT2D eigenvalue weighted by Crippen LogP contribution is -2.40. The molecule has 1 heterocycles. The number of carbonyl (C=O) groups is 1. The Morgan fingerprint density at radius 2 is 2.10 bits per heavy atom. The number of amides is 1. The molecule has 0 unspecified atom stereocenters. The molecule has 3 nitrogen and oxygen atoms in total. The number of piperidine rings is 1. The van der Waals surface area contributed by atoms with Gasteiger partial charge in [-0.05, 0) is 12.0 Å². The number of rotatable bonds is 2. The summed E-state index contributed by atoms with van der Waals surface area (Å²) in [4.78, 5) is 13.4. The summed E-state index contributed by atoms with van der Waals surface area (Å²) >= 11 is 0. The van der Waals surface area contributed by atoms with Gasteiger partial charge in [0.1, 0.15) is 6.61 Å². The zero-order valence-electron chi connectivity index (χ0n) is 11.3. The summed E-state index contributed by atoms with van der Waals surface area (Å²) in [5, 5.41) is 0. The number of alkyl halides is 2. The maximum absolute atomic E-state index is 13.6. The molecule has 3 rings (SSSR count). The first-order valence-electron chi connectivity index (χ1n) is 6.78. The van der Waals surface area contributed by atoms with Crippen LogP contribution in [0.1, 0.15) is 18.9 Å². The van der Waals surface area contributed by atoms with Crippen LogP contribution in [0, 0.1) is 11.3 Å². The highest BCUT2D eigenvalue weighted by Gasteiger charge is 2.78. The maximum Gasteiger partial charge on any atom is 0.410 e. The van der Waals surface area contributed by atoms with E-state index in [0.29, 0.717) is 13.0 Å². The molecule has 1 aliphatic carbocycles. The lowest BCUT2D eigenvalue weighted by atomic mass is 10.00. The summed E-state index contributed by atoms with van der Waals surface area (Å²) < 4.78 is 32.4. The molecule has 0 bridgehead atoms. The largest absolute Gasteiger partial charge is 0.445 e. The molecule has 5 heteroatoms. The summed E-state index contributed by atoms with van der Waals surface area (Å²) in [6, 6.07) is 9.32. The highest BCUT2D eigenvalue weighted by atomic mass is 19.3. The second-order valence-electron chi connectivity index (χ2n) is 5.84. The number of likely N-dealkylation sites (tertiary alicyclic amines) is 1. The van der Waals surface area contributed by atoms with E-state index in [1.807, 2.05) is 30.3 Å². The van der Waals surface area contributed by atoms with E-state index in [4.69, 9.17) is 4.74 Å². The highest BCUT2D eigenvalue weighted by molar-refractivity contribution is 5.68. The quantitative estimate of drug-likeness (QED) is 0.832. The van der Waals surface area contributed by atoms with E-state index in [9.17, 15) is 13.6 Å². The van der Waals surface area contributed by atoms with Crippen molar-refractivity contribution in [1.29, 1.82) is 0 Å². The Kier molecular flexibility index (Phi) is 2.96. The molecule has 0 aromatic heterocycles. The Morgan fingerprint density at radius 1 is 1.40 bits per heavy atom. The van der Waals surface area contributed by atoms with Crippen molar-refractivity contribution in [3.8, 4) is 0 Å². The van der Waals surface area contributed by atoms with E-state index < -0.39 is 23.3 Å². The molecule has 1 saturated heterocycles. The summed E-state index contributed by atoms with van der Waals surface area (Å²) in [6.45, 7) is 2.16. The maximum atomic E-state index is 13.6. The van der Waals surface area contributed by atoms with Crippen molar-refractivity contribution in [1.82, 2.24) is 4.90 Å². The molecule has 0 N–H and O–H groups in total. The fraction of sp³-hybridized carbons (Fsp3) is 0.533. The minimum Gasteiger partial charge on any atom is -0.445 e. The standard InChI is InChI=1S/C15H17F2NO2/c1-14-10-18(8-7-12(14)15(14,16)17)13(19)20-9-11-5-3-2-4-6-11/h2-6,12H,7-10H2,1H3/t12-,14-/m1/s1. The second-order valence-corrected chi connectivity index (χ2v) is 5.84. The molecule has 2 aliphatic rings. The summed E-state index contributed by atoms with van der Waals surface area (Å²) in [5.74, 6) is -3.21. The first kappa shape index (κ1) is 13.3. The number of ether oxygens (including phenoxy) is 1. The van der Waals surface area contributed by atoms with Crippen molar-refractivity contribution in [3.63, 3.8) is 0 Å². The summed E-state index contributed by atoms with van der Waals surface area (Å²) in [6.07, 6.45) is -0.152. The van der Waals surface area contributed by atoms with Gasteiger partial charge in [0.2, 0.25) is 0 Å². The molecular weight excluding hydrogens is 264 g/mol. The van der Waals surface area contributed by atoms with Gasteiger partial charge >= 0.3 is 6.09 Å². The van der Waals surface area contributed by atoms with E-state index in [0.717, 1.165) is 5.56 Å². The normalized spacial score (nSPS) is 30.6. The number of nitrogens with zero attached hydrogens (tertiary/aromatic N) is 1. The molecule has 108 valence electrons. The van der Waals surface area contributed by atoms with Gasteiger partial charge < -0.3 is 9.64 Å². The first-order chi connectivity index (χ1) is 9.45. The third-order valence-electron chi connectivity index (χ3n) is 4.56. The van der Waals surface area contributed by atoms with Gasteiger partial charge in [-0.1, -0.05) is 37.3 Å². The van der Waals surface area contributed by atoms with Crippen LogP contribution in [-0.2, 0) is 11.3 Å². The van der Waals surface area contributed by atoms with Crippen LogP contribution >= 0.6 is 0 Å². The predicted octanol–water partition coefficient (Wildman–Crippen LogP) is 3.30. The first-order valence-corrected chi connectivity index (χ1v) is 6.78. The molecule has 1 aromatic carbocycles. The van der Waals surface area contributed by atoms with Crippen LogP contribution in [-0.4, -0.2) is 30.0 Å². The smallest absolute Gasteiger partial charge is 0.410 e. The minimum absolute atomic E-state index is 0.0816. The fourth-order valence-electron chi connectivity index (χ4n) is 3.12. The lowest BCUT2D eigenvalue weighted by molar-refractivity contribution is 0.0494. The van der Waals surface area contributed by atoms with E-state index in [1.165, 1.54) is 4.90 Å². The van der Waals surface area contributed by atoms with Gasteiger partial charge in [-0.15, -0.1) is 0 Å². The topological polar surface area (TPSA) is 29.5 Å². The van der Waals surface area contributed by atoms with Crippen LogP contribution in [0.2, 0.25) is 0 Å². The number of halogens is 2. The van der Waals surface area contributed by atoms with Gasteiger partial charge in [0.25, 0.3) is 5.92 Å². The summed E-state index contributed by atoms with van der Waals surface area (Å²) in [7, 11) is 0. The van der Waals surface area contributed by atoms with Crippen molar-refractivity contribution in [3.05, 3.63) is 35.9 Å². The molecule has 20 heavy (non-hydrogen) atoms. The predicted molar refractivity (Wildman–Crippen MR) is 69.4 cm³/mol. The summed E-state index contributed by atoms with van der Waals surface area (Å²) in [5.41, 5.74) is -0.171. The zero-order chi connectivity index (χ0) is 14.4. The van der Waals surface area contributed by atoms with Gasteiger partial charge in [0, 0.05) is 19.0 Å².